The molecule has 0 saturated heterocycles. The molecule has 0 spiro atoms. The number of benzene rings is 4. The molecule has 0 unspecified atom stereocenters. The van der Waals surface area contributed by atoms with Crippen molar-refractivity contribution in [1.82, 2.24) is 9.38 Å². The summed E-state index contributed by atoms with van der Waals surface area (Å²) in [5.41, 5.74) is 8.52. The summed E-state index contributed by atoms with van der Waals surface area (Å²) in [5, 5.41) is 8.23. The third-order valence-corrected chi connectivity index (χ3v) is 8.07. The van der Waals surface area contributed by atoms with Gasteiger partial charge in [-0.3, -0.25) is 4.98 Å². The van der Waals surface area contributed by atoms with E-state index in [1.165, 1.54) is 49.2 Å². The van der Waals surface area contributed by atoms with E-state index in [0.29, 0.717) is 11.1 Å². The number of hydrogen-bond donors (Lipinski definition) is 0. The van der Waals surface area contributed by atoms with Crippen molar-refractivity contribution in [2.24, 2.45) is 10.8 Å². The van der Waals surface area contributed by atoms with E-state index in [4.69, 9.17) is 20.7 Å². The van der Waals surface area contributed by atoms with Gasteiger partial charge in [-0.25, -0.2) is 0 Å². The molecule has 0 bridgehead atoms. The number of pyridine rings is 2. The maximum atomic E-state index is 6.55. The van der Waals surface area contributed by atoms with Crippen LogP contribution in [0.15, 0.2) is 60.7 Å². The Hall–Kier alpha value is -3.52. The second kappa shape index (κ2) is 8.01. The van der Waals surface area contributed by atoms with Crippen molar-refractivity contribution in [1.29, 1.82) is 0 Å². The molecule has 7 aromatic rings. The van der Waals surface area contributed by atoms with E-state index >= 15 is 0 Å². The van der Waals surface area contributed by atoms with E-state index in [0.717, 1.165) is 34.5 Å². The SMILES string of the molecule is [B]c1nc2c3cc4cc(CC(C)(C)C)ccc4c(CC(C)(C)C)c3n3c4ccccc4c4ccc(c1[B])c2c43. The molecule has 4 radical (unpaired) electrons. The van der Waals surface area contributed by atoms with Crippen LogP contribution in [-0.2, 0) is 12.8 Å². The third-order valence-electron chi connectivity index (χ3n) is 8.07. The Morgan fingerprint density at radius 2 is 1.38 bits per heavy atom. The first-order valence-electron chi connectivity index (χ1n) is 13.9. The minimum atomic E-state index is 0.0913. The molecule has 7 rings (SSSR count). The average Bonchev–Trinajstić information content (AvgIpc) is 3.18. The summed E-state index contributed by atoms with van der Waals surface area (Å²) in [6.07, 6.45) is 1.96. The molecule has 4 aromatic carbocycles. The highest BCUT2D eigenvalue weighted by Gasteiger charge is 2.25. The van der Waals surface area contributed by atoms with E-state index in [2.05, 4.69) is 107 Å². The average molecular weight is 502 g/mol. The van der Waals surface area contributed by atoms with Crippen molar-refractivity contribution in [3.05, 3.63) is 71.8 Å². The molecule has 0 aliphatic rings. The third kappa shape index (κ3) is 3.68. The Labute approximate surface area is 232 Å². The van der Waals surface area contributed by atoms with Crippen LogP contribution in [0.5, 0.6) is 0 Å². The van der Waals surface area contributed by atoms with E-state index < -0.39 is 0 Å². The van der Waals surface area contributed by atoms with Crippen LogP contribution < -0.4 is 11.1 Å². The molecule has 0 saturated carbocycles. The summed E-state index contributed by atoms with van der Waals surface area (Å²) in [7, 11) is 13.0. The van der Waals surface area contributed by atoms with Crippen LogP contribution in [0.4, 0.5) is 0 Å². The Balaban J connectivity index is 1.79. The fourth-order valence-corrected chi connectivity index (χ4v) is 6.71. The van der Waals surface area contributed by atoms with Gasteiger partial charge in [0.2, 0.25) is 0 Å². The van der Waals surface area contributed by atoms with Crippen LogP contribution in [0.1, 0.15) is 52.7 Å². The number of rotatable bonds is 2. The van der Waals surface area contributed by atoms with Crippen LogP contribution in [0.2, 0.25) is 0 Å². The first-order chi connectivity index (χ1) is 18.4. The van der Waals surface area contributed by atoms with Crippen LogP contribution in [0.3, 0.4) is 0 Å². The van der Waals surface area contributed by atoms with Crippen molar-refractivity contribution < 1.29 is 0 Å². The van der Waals surface area contributed by atoms with Crippen molar-refractivity contribution in [2.45, 2.75) is 54.4 Å². The predicted octanol–water partition coefficient (Wildman–Crippen LogP) is 7.30. The zero-order valence-corrected chi connectivity index (χ0v) is 23.7. The Morgan fingerprint density at radius 3 is 2.13 bits per heavy atom. The van der Waals surface area contributed by atoms with Crippen LogP contribution in [0.25, 0.3) is 59.8 Å². The molecule has 39 heavy (non-hydrogen) atoms. The Kier molecular flexibility index (Phi) is 5.03. The first-order valence-corrected chi connectivity index (χ1v) is 13.9. The first kappa shape index (κ1) is 24.5. The molecule has 3 aromatic heterocycles. The molecule has 0 fully saturated rings. The van der Waals surface area contributed by atoms with Gasteiger partial charge in [0, 0.05) is 21.5 Å². The second-order valence-corrected chi connectivity index (χ2v) is 13.8. The molecular formula is C35H32B2N2. The lowest BCUT2D eigenvalue weighted by atomic mass is 9.80. The molecular weight excluding hydrogens is 470 g/mol. The lowest BCUT2D eigenvalue weighted by Gasteiger charge is -2.24. The van der Waals surface area contributed by atoms with Gasteiger partial charge in [0.25, 0.3) is 0 Å². The minimum Gasteiger partial charge on any atom is -0.308 e. The summed E-state index contributed by atoms with van der Waals surface area (Å²) >= 11 is 0. The van der Waals surface area contributed by atoms with Gasteiger partial charge >= 0.3 is 0 Å². The van der Waals surface area contributed by atoms with Gasteiger partial charge in [-0.1, -0.05) is 95.5 Å². The van der Waals surface area contributed by atoms with Gasteiger partial charge in [0.05, 0.1) is 22.1 Å². The molecule has 0 atom stereocenters. The summed E-state index contributed by atoms with van der Waals surface area (Å²) in [6, 6.07) is 22.4. The van der Waals surface area contributed by atoms with Gasteiger partial charge in [-0.2, -0.15) is 0 Å². The van der Waals surface area contributed by atoms with Gasteiger partial charge in [0.1, 0.15) is 15.7 Å². The summed E-state index contributed by atoms with van der Waals surface area (Å²) in [6.45, 7) is 13.9. The number of hydrogen-bond acceptors (Lipinski definition) is 1. The van der Waals surface area contributed by atoms with Crippen LogP contribution in [-0.4, -0.2) is 25.1 Å². The number of nitrogens with zero attached hydrogens (tertiary/aromatic N) is 2. The predicted molar refractivity (Wildman–Crippen MR) is 171 cm³/mol. The molecule has 4 heteroatoms. The van der Waals surface area contributed by atoms with Crippen LogP contribution >= 0.6 is 0 Å². The van der Waals surface area contributed by atoms with Gasteiger partial charge in [0.15, 0.2) is 0 Å². The molecule has 0 aliphatic heterocycles. The topological polar surface area (TPSA) is 17.3 Å². The van der Waals surface area contributed by atoms with E-state index in [9.17, 15) is 0 Å². The second-order valence-electron chi connectivity index (χ2n) is 13.8. The highest BCUT2D eigenvalue weighted by molar-refractivity contribution is 6.53. The number of para-hydroxylation sites is 1. The standard InChI is InChI=1S/C35H32B2N2/c1-34(2,3)17-19-11-12-21-20(15-19)16-25-30-28-24(29(36)33(37)38-30)14-13-23-22-9-7-8-10-27(22)39(32(23)28)31(25)26(21)18-35(4,5)6/h7-16H,17-18H2,1-6H3. The van der Waals surface area contributed by atoms with Gasteiger partial charge < -0.3 is 4.40 Å². The fourth-order valence-electron chi connectivity index (χ4n) is 6.71. The zero-order valence-electron chi connectivity index (χ0n) is 23.7. The van der Waals surface area contributed by atoms with Crippen molar-refractivity contribution in [3.63, 3.8) is 0 Å². The van der Waals surface area contributed by atoms with Crippen molar-refractivity contribution in [2.75, 3.05) is 0 Å². The quantitative estimate of drug-likeness (QED) is 0.138. The molecule has 3 heterocycles. The largest absolute Gasteiger partial charge is 0.308 e. The maximum Gasteiger partial charge on any atom is 0.140 e. The lowest BCUT2D eigenvalue weighted by molar-refractivity contribution is 0.411. The number of fused-ring (bicyclic) bond motifs is 7. The van der Waals surface area contributed by atoms with Gasteiger partial charge in [-0.05, 0) is 68.7 Å². The van der Waals surface area contributed by atoms with Crippen molar-refractivity contribution >= 4 is 86.5 Å². The molecule has 0 aliphatic carbocycles. The molecule has 2 nitrogen and oxygen atoms in total. The molecule has 0 amide bonds. The zero-order chi connectivity index (χ0) is 27.4. The fraction of sp³-hybridized carbons (Fsp3) is 0.286. The van der Waals surface area contributed by atoms with Gasteiger partial charge in [-0.15, -0.1) is 0 Å². The maximum absolute atomic E-state index is 6.55. The van der Waals surface area contributed by atoms with Crippen LogP contribution in [0, 0.1) is 10.8 Å². The van der Waals surface area contributed by atoms with E-state index in [1.54, 1.807) is 0 Å². The normalized spacial score (nSPS) is 13.3. The number of aromatic nitrogens is 2. The molecule has 188 valence electrons. The highest BCUT2D eigenvalue weighted by Crippen LogP contribution is 2.43. The highest BCUT2D eigenvalue weighted by atomic mass is 14.9. The smallest absolute Gasteiger partial charge is 0.140 e. The summed E-state index contributed by atoms with van der Waals surface area (Å²) in [4.78, 5) is 4.99. The van der Waals surface area contributed by atoms with E-state index in [1.807, 2.05) is 0 Å². The summed E-state index contributed by atoms with van der Waals surface area (Å²) < 4.78 is 2.48. The monoisotopic (exact) mass is 502 g/mol. The summed E-state index contributed by atoms with van der Waals surface area (Å²) in [5.74, 6) is 0. The Bertz CT molecular complexity index is 2100. The van der Waals surface area contributed by atoms with E-state index in [-0.39, 0.29) is 10.8 Å². The minimum absolute atomic E-state index is 0.0913. The Morgan fingerprint density at radius 1 is 0.692 bits per heavy atom. The lowest BCUT2D eigenvalue weighted by Crippen LogP contribution is -2.29. The van der Waals surface area contributed by atoms with Crippen molar-refractivity contribution in [3.8, 4) is 0 Å². The molecule has 0 N–H and O–H groups in total.